The van der Waals surface area contributed by atoms with Crippen LogP contribution < -0.4 is 0 Å². The minimum atomic E-state index is -0.767. The maximum absolute atomic E-state index is 12.4. The van der Waals surface area contributed by atoms with Crippen LogP contribution in [0.5, 0.6) is 0 Å². The van der Waals surface area contributed by atoms with Crippen molar-refractivity contribution < 1.29 is 24.2 Å². The lowest BCUT2D eigenvalue weighted by atomic mass is 10.0. The SMILES string of the molecule is CCCCCCCCCC/C=C\CCCCCCCCCCCCCCCCCCCCCC(=O)OC(CO)COC(=O)CCCCCCCCCCCCCCCCCCCCCCCCCCCCCCCCCCC. The Bertz CT molecular complexity index is 1150. The first-order chi connectivity index (χ1) is 38.6. The van der Waals surface area contributed by atoms with Crippen LogP contribution in [0, 0.1) is 0 Å². The molecule has 5 heteroatoms. The zero-order valence-electron chi connectivity index (χ0n) is 53.5. The lowest BCUT2D eigenvalue weighted by Crippen LogP contribution is -2.28. The summed E-state index contributed by atoms with van der Waals surface area (Å²) in [7, 11) is 0. The third kappa shape index (κ3) is 67.1. The Morgan fingerprint density at radius 1 is 0.282 bits per heavy atom. The van der Waals surface area contributed by atoms with Gasteiger partial charge in [0.1, 0.15) is 6.61 Å². The first kappa shape index (κ1) is 76.6. The summed E-state index contributed by atoms with van der Waals surface area (Å²) >= 11 is 0. The van der Waals surface area contributed by atoms with Gasteiger partial charge in [0.25, 0.3) is 0 Å². The molecule has 0 aliphatic carbocycles. The minimum absolute atomic E-state index is 0.0566. The van der Waals surface area contributed by atoms with E-state index in [1.807, 2.05) is 0 Å². The lowest BCUT2D eigenvalue weighted by molar-refractivity contribution is -0.161. The first-order valence-electron chi connectivity index (χ1n) is 36.2. The van der Waals surface area contributed by atoms with Crippen LogP contribution in [0.15, 0.2) is 12.2 Å². The van der Waals surface area contributed by atoms with Crippen LogP contribution in [0.3, 0.4) is 0 Å². The predicted molar refractivity (Wildman–Crippen MR) is 344 cm³/mol. The quantitative estimate of drug-likeness (QED) is 0.0373. The third-order valence-electron chi connectivity index (χ3n) is 17.1. The topological polar surface area (TPSA) is 72.8 Å². The summed E-state index contributed by atoms with van der Waals surface area (Å²) in [5, 5.41) is 9.71. The molecule has 1 unspecified atom stereocenters. The average molecular weight is 1100 g/mol. The summed E-state index contributed by atoms with van der Waals surface area (Å²) in [6, 6.07) is 0. The van der Waals surface area contributed by atoms with Gasteiger partial charge in [0.15, 0.2) is 6.10 Å². The highest BCUT2D eigenvalue weighted by Gasteiger charge is 2.16. The molecule has 0 fully saturated rings. The Balaban J connectivity index is 3.36. The van der Waals surface area contributed by atoms with Gasteiger partial charge in [-0.25, -0.2) is 0 Å². The largest absolute Gasteiger partial charge is 0.462 e. The number of unbranched alkanes of at least 4 members (excludes halogenated alkanes) is 59. The van der Waals surface area contributed by atoms with E-state index in [2.05, 4.69) is 26.0 Å². The molecule has 1 atom stereocenters. The number of ether oxygens (including phenoxy) is 2. The monoisotopic (exact) mass is 1100 g/mol. The molecule has 0 aliphatic heterocycles. The molecule has 0 rings (SSSR count). The summed E-state index contributed by atoms with van der Waals surface area (Å²) in [6.07, 6.45) is 89.9. The average Bonchev–Trinajstić information content (AvgIpc) is 3.44. The number of carbonyl (C=O) groups is 2. The third-order valence-corrected chi connectivity index (χ3v) is 17.1. The van der Waals surface area contributed by atoms with Crippen LogP contribution in [-0.4, -0.2) is 36.4 Å². The Hall–Kier alpha value is -1.36. The molecule has 0 saturated carbocycles. The molecule has 0 radical (unpaired) electrons. The molecule has 0 saturated heterocycles. The van der Waals surface area contributed by atoms with Crippen molar-refractivity contribution in [1.82, 2.24) is 0 Å². The number of hydrogen-bond acceptors (Lipinski definition) is 5. The second kappa shape index (κ2) is 69.9. The highest BCUT2D eigenvalue weighted by molar-refractivity contribution is 5.70. The van der Waals surface area contributed by atoms with Crippen molar-refractivity contribution >= 4 is 11.9 Å². The van der Waals surface area contributed by atoms with E-state index >= 15 is 0 Å². The molecule has 1 N–H and O–H groups in total. The summed E-state index contributed by atoms with van der Waals surface area (Å²) in [5.74, 6) is -0.560. The van der Waals surface area contributed by atoms with Gasteiger partial charge in [-0.2, -0.15) is 0 Å². The molecule has 0 bridgehead atoms. The molecular formula is C73H142O5. The van der Waals surface area contributed by atoms with Gasteiger partial charge in [-0.1, -0.05) is 386 Å². The van der Waals surface area contributed by atoms with Gasteiger partial charge in [0.2, 0.25) is 0 Å². The second-order valence-electron chi connectivity index (χ2n) is 25.0. The Kier molecular flexibility index (Phi) is 68.7. The van der Waals surface area contributed by atoms with Crippen molar-refractivity contribution in [3.63, 3.8) is 0 Å². The first-order valence-corrected chi connectivity index (χ1v) is 36.2. The fourth-order valence-corrected chi connectivity index (χ4v) is 11.6. The van der Waals surface area contributed by atoms with Crippen molar-refractivity contribution in [3.05, 3.63) is 12.2 Å². The van der Waals surface area contributed by atoms with E-state index in [0.29, 0.717) is 12.8 Å². The van der Waals surface area contributed by atoms with Gasteiger partial charge < -0.3 is 14.6 Å². The van der Waals surface area contributed by atoms with E-state index < -0.39 is 6.10 Å². The van der Waals surface area contributed by atoms with Gasteiger partial charge in [-0.15, -0.1) is 0 Å². The highest BCUT2D eigenvalue weighted by Crippen LogP contribution is 2.20. The van der Waals surface area contributed by atoms with Crippen LogP contribution in [0.25, 0.3) is 0 Å². The van der Waals surface area contributed by atoms with Crippen LogP contribution in [0.1, 0.15) is 425 Å². The van der Waals surface area contributed by atoms with Crippen LogP contribution >= 0.6 is 0 Å². The fraction of sp³-hybridized carbons (Fsp3) is 0.945. The maximum atomic E-state index is 12.4. The van der Waals surface area contributed by atoms with Gasteiger partial charge in [0.05, 0.1) is 6.61 Å². The number of rotatable bonds is 69. The maximum Gasteiger partial charge on any atom is 0.306 e. The predicted octanol–water partition coefficient (Wildman–Crippen LogP) is 25.0. The molecule has 0 spiro atoms. The van der Waals surface area contributed by atoms with E-state index in [-0.39, 0.29) is 25.2 Å². The zero-order valence-corrected chi connectivity index (χ0v) is 53.5. The molecule has 0 aromatic carbocycles. The van der Waals surface area contributed by atoms with Crippen LogP contribution in [0.2, 0.25) is 0 Å². The number of aliphatic hydroxyl groups is 1. The number of aliphatic hydroxyl groups excluding tert-OH is 1. The van der Waals surface area contributed by atoms with Gasteiger partial charge >= 0.3 is 11.9 Å². The second-order valence-corrected chi connectivity index (χ2v) is 25.0. The number of hydrogen-bond donors (Lipinski definition) is 1. The fourth-order valence-electron chi connectivity index (χ4n) is 11.6. The summed E-state index contributed by atoms with van der Waals surface area (Å²) in [4.78, 5) is 24.7. The van der Waals surface area contributed by atoms with Crippen molar-refractivity contribution in [2.75, 3.05) is 13.2 Å². The van der Waals surface area contributed by atoms with Crippen molar-refractivity contribution in [3.8, 4) is 0 Å². The Morgan fingerprint density at radius 2 is 0.474 bits per heavy atom. The van der Waals surface area contributed by atoms with Crippen molar-refractivity contribution in [2.45, 2.75) is 431 Å². The molecule has 5 nitrogen and oxygen atoms in total. The van der Waals surface area contributed by atoms with Gasteiger partial charge in [-0.3, -0.25) is 9.59 Å². The van der Waals surface area contributed by atoms with E-state index in [1.165, 1.54) is 366 Å². The molecule has 78 heavy (non-hydrogen) atoms. The van der Waals surface area contributed by atoms with Crippen LogP contribution in [-0.2, 0) is 19.1 Å². The number of carbonyl (C=O) groups excluding carboxylic acids is 2. The minimum Gasteiger partial charge on any atom is -0.462 e. The normalized spacial score (nSPS) is 12.1. The standard InChI is InChI=1S/C73H142O5/c1-3-5-7-9-11-13-15-17-19-21-23-25-27-29-31-33-35-36-38-39-41-43-45-47-49-51-53-55-57-59-61-63-65-67-72(75)77-70-71(69-74)78-73(76)68-66-64-62-60-58-56-54-52-50-48-46-44-42-40-37-34-32-30-28-26-24-22-20-18-16-14-12-10-8-6-4-2/h22,24,71,74H,3-21,23,25-70H2,1-2H3/b24-22-. The smallest absolute Gasteiger partial charge is 0.306 e. The molecule has 0 aliphatic rings. The number of esters is 2. The molecule has 0 amide bonds. The molecule has 0 aromatic heterocycles. The zero-order chi connectivity index (χ0) is 56.2. The van der Waals surface area contributed by atoms with E-state index in [9.17, 15) is 14.7 Å². The summed E-state index contributed by atoms with van der Waals surface area (Å²) in [5.41, 5.74) is 0. The van der Waals surface area contributed by atoms with Gasteiger partial charge in [-0.05, 0) is 38.5 Å². The van der Waals surface area contributed by atoms with Crippen molar-refractivity contribution in [2.24, 2.45) is 0 Å². The van der Waals surface area contributed by atoms with E-state index in [0.717, 1.165) is 32.1 Å². The number of allylic oxidation sites excluding steroid dienone is 2. The van der Waals surface area contributed by atoms with Crippen molar-refractivity contribution in [1.29, 1.82) is 0 Å². The highest BCUT2D eigenvalue weighted by atomic mass is 16.6. The van der Waals surface area contributed by atoms with Crippen LogP contribution in [0.4, 0.5) is 0 Å². The van der Waals surface area contributed by atoms with E-state index in [1.54, 1.807) is 0 Å². The lowest BCUT2D eigenvalue weighted by Gasteiger charge is -2.15. The molecule has 0 aromatic rings. The van der Waals surface area contributed by atoms with E-state index in [4.69, 9.17) is 9.47 Å². The van der Waals surface area contributed by atoms with Gasteiger partial charge in [0, 0.05) is 12.8 Å². The summed E-state index contributed by atoms with van der Waals surface area (Å²) in [6.45, 7) is 4.22. The Labute approximate surface area is 490 Å². The summed E-state index contributed by atoms with van der Waals surface area (Å²) < 4.78 is 10.8. The molecular weight excluding hydrogens is 957 g/mol. The Morgan fingerprint density at radius 3 is 0.692 bits per heavy atom. The molecule has 464 valence electrons. The molecule has 0 heterocycles.